The normalized spacial score (nSPS) is 10.4. The summed E-state index contributed by atoms with van der Waals surface area (Å²) in [6.45, 7) is 0.152. The topological polar surface area (TPSA) is 74.5 Å². The van der Waals surface area contributed by atoms with Crippen molar-refractivity contribution in [3.8, 4) is 16.5 Å². The molecule has 22 heavy (non-hydrogen) atoms. The third kappa shape index (κ3) is 3.15. The summed E-state index contributed by atoms with van der Waals surface area (Å²) in [4.78, 5) is 16.6. The zero-order valence-corrected chi connectivity index (χ0v) is 12.5. The highest BCUT2D eigenvalue weighted by Crippen LogP contribution is 2.23. The maximum absolute atomic E-state index is 11.5. The summed E-state index contributed by atoms with van der Waals surface area (Å²) in [5, 5.41) is 5.80. The van der Waals surface area contributed by atoms with Crippen LogP contribution in [0.25, 0.3) is 10.8 Å². The number of benzene rings is 1. The first-order valence-corrected chi connectivity index (χ1v) is 7.32. The highest BCUT2D eigenvalue weighted by molar-refractivity contribution is 7.13. The fourth-order valence-corrected chi connectivity index (χ4v) is 2.44. The van der Waals surface area contributed by atoms with Gasteiger partial charge >= 0.3 is 5.97 Å². The Morgan fingerprint density at radius 1 is 1.32 bits per heavy atom. The summed E-state index contributed by atoms with van der Waals surface area (Å²) in [7, 11) is 1.33. The van der Waals surface area contributed by atoms with E-state index in [9.17, 15) is 4.79 Å². The largest absolute Gasteiger partial charge is 0.485 e. The lowest BCUT2D eigenvalue weighted by molar-refractivity contribution is 0.0600. The molecule has 0 fully saturated rings. The van der Waals surface area contributed by atoms with Crippen molar-refractivity contribution in [1.82, 2.24) is 10.1 Å². The van der Waals surface area contributed by atoms with Crippen molar-refractivity contribution in [2.24, 2.45) is 0 Å². The maximum Gasteiger partial charge on any atom is 0.337 e. The predicted molar refractivity (Wildman–Crippen MR) is 79.7 cm³/mol. The molecular weight excluding hydrogens is 304 g/mol. The summed E-state index contributed by atoms with van der Waals surface area (Å²) < 4.78 is 15.4. The molecule has 0 amide bonds. The SMILES string of the molecule is COC(=O)c1cccc(OCc2noc(-c3cccs3)n2)c1. The molecule has 112 valence electrons. The second-order valence-corrected chi connectivity index (χ2v) is 5.25. The molecule has 2 aromatic heterocycles. The Bertz CT molecular complexity index is 767. The molecule has 0 aliphatic rings. The molecule has 0 N–H and O–H groups in total. The highest BCUT2D eigenvalue weighted by Gasteiger charge is 2.11. The van der Waals surface area contributed by atoms with Gasteiger partial charge in [0, 0.05) is 0 Å². The van der Waals surface area contributed by atoms with E-state index >= 15 is 0 Å². The Morgan fingerprint density at radius 2 is 2.23 bits per heavy atom. The second-order valence-electron chi connectivity index (χ2n) is 4.30. The van der Waals surface area contributed by atoms with Crippen molar-refractivity contribution in [3.63, 3.8) is 0 Å². The van der Waals surface area contributed by atoms with Gasteiger partial charge in [0.25, 0.3) is 5.89 Å². The molecule has 0 radical (unpaired) electrons. The molecule has 0 unspecified atom stereocenters. The number of nitrogens with zero attached hydrogens (tertiary/aromatic N) is 2. The van der Waals surface area contributed by atoms with Crippen molar-refractivity contribution < 1.29 is 18.8 Å². The molecule has 2 heterocycles. The number of esters is 1. The molecule has 0 saturated heterocycles. The number of carbonyl (C=O) groups excluding carboxylic acids is 1. The second kappa shape index (κ2) is 6.40. The average molecular weight is 316 g/mol. The van der Waals surface area contributed by atoms with Crippen LogP contribution in [0.3, 0.4) is 0 Å². The van der Waals surface area contributed by atoms with Gasteiger partial charge in [-0.2, -0.15) is 4.98 Å². The Balaban J connectivity index is 1.67. The fourth-order valence-electron chi connectivity index (χ4n) is 1.79. The van der Waals surface area contributed by atoms with E-state index in [1.165, 1.54) is 18.4 Å². The molecule has 0 bridgehead atoms. The maximum atomic E-state index is 11.5. The Labute approximate surface area is 130 Å². The van der Waals surface area contributed by atoms with Gasteiger partial charge in [0.15, 0.2) is 6.61 Å². The molecule has 1 aromatic carbocycles. The quantitative estimate of drug-likeness (QED) is 0.673. The fraction of sp³-hybridized carbons (Fsp3) is 0.133. The molecule has 0 spiro atoms. The average Bonchev–Trinajstić information content (AvgIpc) is 3.23. The van der Waals surface area contributed by atoms with Crippen molar-refractivity contribution in [3.05, 3.63) is 53.2 Å². The van der Waals surface area contributed by atoms with Crippen LogP contribution in [-0.4, -0.2) is 23.2 Å². The van der Waals surface area contributed by atoms with Crippen molar-refractivity contribution in [1.29, 1.82) is 0 Å². The van der Waals surface area contributed by atoms with Crippen LogP contribution in [0.4, 0.5) is 0 Å². The summed E-state index contributed by atoms with van der Waals surface area (Å²) in [5.41, 5.74) is 0.424. The van der Waals surface area contributed by atoms with Gasteiger partial charge in [0.1, 0.15) is 5.75 Å². The number of rotatable bonds is 5. The van der Waals surface area contributed by atoms with Crippen LogP contribution in [0.1, 0.15) is 16.2 Å². The van der Waals surface area contributed by atoms with Crippen LogP contribution >= 0.6 is 11.3 Å². The van der Waals surface area contributed by atoms with Crippen LogP contribution in [0, 0.1) is 0 Å². The van der Waals surface area contributed by atoms with E-state index in [2.05, 4.69) is 14.9 Å². The van der Waals surface area contributed by atoms with Crippen LogP contribution in [0.2, 0.25) is 0 Å². The first-order chi connectivity index (χ1) is 10.8. The van der Waals surface area contributed by atoms with Crippen LogP contribution in [0.15, 0.2) is 46.3 Å². The van der Waals surface area contributed by atoms with E-state index in [0.717, 1.165) is 4.88 Å². The lowest BCUT2D eigenvalue weighted by Gasteiger charge is -2.04. The molecular formula is C15H12N2O4S. The van der Waals surface area contributed by atoms with Gasteiger partial charge in [-0.25, -0.2) is 4.79 Å². The molecule has 0 saturated carbocycles. The van der Waals surface area contributed by atoms with Gasteiger partial charge < -0.3 is 14.0 Å². The molecule has 7 heteroatoms. The van der Waals surface area contributed by atoms with E-state index in [1.807, 2.05) is 17.5 Å². The van der Waals surface area contributed by atoms with Gasteiger partial charge in [0.2, 0.25) is 5.82 Å². The minimum absolute atomic E-state index is 0.152. The molecule has 0 aliphatic heterocycles. The Morgan fingerprint density at radius 3 is 3.00 bits per heavy atom. The Kier molecular flexibility index (Phi) is 4.15. The number of aromatic nitrogens is 2. The summed E-state index contributed by atoms with van der Waals surface area (Å²) in [6, 6.07) is 10.5. The van der Waals surface area contributed by atoms with Crippen LogP contribution in [0.5, 0.6) is 5.75 Å². The lowest BCUT2D eigenvalue weighted by atomic mass is 10.2. The molecule has 3 aromatic rings. The molecule has 0 atom stereocenters. The minimum Gasteiger partial charge on any atom is -0.485 e. The minimum atomic E-state index is -0.412. The van der Waals surface area contributed by atoms with Gasteiger partial charge in [-0.3, -0.25) is 0 Å². The number of hydrogen-bond donors (Lipinski definition) is 0. The first-order valence-electron chi connectivity index (χ1n) is 6.44. The van der Waals surface area contributed by atoms with Gasteiger partial charge in [-0.1, -0.05) is 17.3 Å². The van der Waals surface area contributed by atoms with E-state index in [4.69, 9.17) is 9.26 Å². The van der Waals surface area contributed by atoms with Crippen molar-refractivity contribution >= 4 is 17.3 Å². The molecule has 3 rings (SSSR count). The molecule has 0 aliphatic carbocycles. The van der Waals surface area contributed by atoms with E-state index in [1.54, 1.807) is 24.3 Å². The standard InChI is InChI=1S/C15H12N2O4S/c1-19-15(18)10-4-2-5-11(8-10)20-9-13-16-14(21-17-13)12-6-3-7-22-12/h2-8H,9H2,1H3. The van der Waals surface area contributed by atoms with E-state index < -0.39 is 5.97 Å². The van der Waals surface area contributed by atoms with Crippen LogP contribution < -0.4 is 4.74 Å². The zero-order chi connectivity index (χ0) is 15.4. The van der Waals surface area contributed by atoms with Crippen molar-refractivity contribution in [2.75, 3.05) is 7.11 Å². The number of methoxy groups -OCH3 is 1. The number of carbonyl (C=O) groups is 1. The Hall–Kier alpha value is -2.67. The number of ether oxygens (including phenoxy) is 2. The third-order valence-corrected chi connectivity index (χ3v) is 3.68. The summed E-state index contributed by atoms with van der Waals surface area (Å²) in [5.74, 6) is 1.03. The number of hydrogen-bond acceptors (Lipinski definition) is 7. The van der Waals surface area contributed by atoms with E-state index in [-0.39, 0.29) is 6.61 Å². The van der Waals surface area contributed by atoms with Crippen molar-refractivity contribution in [2.45, 2.75) is 6.61 Å². The van der Waals surface area contributed by atoms with Gasteiger partial charge in [-0.05, 0) is 29.6 Å². The lowest BCUT2D eigenvalue weighted by Crippen LogP contribution is -2.02. The van der Waals surface area contributed by atoms with E-state index in [0.29, 0.717) is 23.0 Å². The number of thiophene rings is 1. The zero-order valence-electron chi connectivity index (χ0n) is 11.7. The van der Waals surface area contributed by atoms with Gasteiger partial charge in [-0.15, -0.1) is 11.3 Å². The van der Waals surface area contributed by atoms with Gasteiger partial charge in [0.05, 0.1) is 17.6 Å². The van der Waals surface area contributed by atoms with Crippen LogP contribution in [-0.2, 0) is 11.3 Å². The molecule has 6 nitrogen and oxygen atoms in total. The summed E-state index contributed by atoms with van der Waals surface area (Å²) in [6.07, 6.45) is 0. The highest BCUT2D eigenvalue weighted by atomic mass is 32.1. The smallest absolute Gasteiger partial charge is 0.337 e. The monoisotopic (exact) mass is 316 g/mol. The third-order valence-electron chi connectivity index (χ3n) is 2.82. The summed E-state index contributed by atoms with van der Waals surface area (Å²) >= 11 is 1.52. The predicted octanol–water partition coefficient (Wildman–Crippen LogP) is 3.16. The first kappa shape index (κ1) is 14.3.